The van der Waals surface area contributed by atoms with E-state index in [2.05, 4.69) is 11.7 Å². The average Bonchev–Trinajstić information content (AvgIpc) is 2.58. The third kappa shape index (κ3) is 4.71. The van der Waals surface area contributed by atoms with E-state index in [1.165, 1.54) is 25.7 Å². The maximum Gasteiger partial charge on any atom is 0.573 e. The minimum atomic E-state index is -4.69. The Morgan fingerprint density at radius 1 is 0.923 bits per heavy atom. The number of hydrogen-bond acceptors (Lipinski definition) is 3. The zero-order valence-electron chi connectivity index (χ0n) is 15.6. The monoisotopic (exact) mass is 372 g/mol. The first-order chi connectivity index (χ1) is 12.2. The van der Waals surface area contributed by atoms with Gasteiger partial charge in [-0.25, -0.2) is 0 Å². The van der Waals surface area contributed by atoms with Crippen molar-refractivity contribution < 1.29 is 27.4 Å². The Morgan fingerprint density at radius 2 is 1.46 bits per heavy atom. The molecule has 1 saturated carbocycles. The molecule has 1 heterocycles. The minimum absolute atomic E-state index is 0.147. The van der Waals surface area contributed by atoms with Crippen molar-refractivity contribution in [2.24, 2.45) is 17.8 Å². The summed E-state index contributed by atoms with van der Waals surface area (Å²) in [5.41, 5.74) is 1.59. The van der Waals surface area contributed by atoms with E-state index in [9.17, 15) is 13.2 Å². The molecular formula is C20H27F3O3. The smallest absolute Gasteiger partial charge is 0.405 e. The molecule has 0 unspecified atom stereocenters. The van der Waals surface area contributed by atoms with Gasteiger partial charge in [0.1, 0.15) is 5.75 Å². The first-order valence-corrected chi connectivity index (χ1v) is 9.33. The highest BCUT2D eigenvalue weighted by atomic mass is 19.4. The molecule has 3 rings (SSSR count). The standard InChI is InChI=1S/C20H27F3O3/c1-12-4-6-15(7-5-12)17-10-24-19(25-11-17)16-8-13(2)18(14(3)9-16)26-20(21,22)23/h8-9,12,15,17,19H,4-7,10-11H2,1-3H3. The van der Waals surface area contributed by atoms with Crippen LogP contribution in [0.1, 0.15) is 55.6 Å². The lowest BCUT2D eigenvalue weighted by Gasteiger charge is -2.37. The first-order valence-electron chi connectivity index (χ1n) is 9.33. The van der Waals surface area contributed by atoms with Crippen LogP contribution in [0.4, 0.5) is 13.2 Å². The van der Waals surface area contributed by atoms with Crippen LogP contribution in [0.25, 0.3) is 0 Å². The Labute approximate surface area is 152 Å². The normalized spacial score (nSPS) is 30.2. The quantitative estimate of drug-likeness (QED) is 0.682. The highest BCUT2D eigenvalue weighted by molar-refractivity contribution is 5.44. The number of aryl methyl sites for hydroxylation is 2. The summed E-state index contributed by atoms with van der Waals surface area (Å²) >= 11 is 0. The van der Waals surface area contributed by atoms with Crippen molar-refractivity contribution in [3.05, 3.63) is 28.8 Å². The number of alkyl halides is 3. The Morgan fingerprint density at radius 3 is 1.96 bits per heavy atom. The lowest BCUT2D eigenvalue weighted by molar-refractivity contribution is -0.275. The molecule has 2 aliphatic rings. The summed E-state index contributed by atoms with van der Waals surface area (Å²) in [6.45, 7) is 6.79. The van der Waals surface area contributed by atoms with Crippen LogP contribution in [0.5, 0.6) is 5.75 Å². The maximum atomic E-state index is 12.5. The number of benzene rings is 1. The van der Waals surface area contributed by atoms with E-state index >= 15 is 0 Å². The van der Waals surface area contributed by atoms with Gasteiger partial charge < -0.3 is 14.2 Å². The van der Waals surface area contributed by atoms with Gasteiger partial charge in [0.05, 0.1) is 13.2 Å². The molecule has 1 aromatic rings. The molecule has 1 aromatic carbocycles. The highest BCUT2D eigenvalue weighted by Gasteiger charge is 2.34. The van der Waals surface area contributed by atoms with Crippen LogP contribution in [0.2, 0.25) is 0 Å². The second-order valence-corrected chi connectivity index (χ2v) is 7.81. The van der Waals surface area contributed by atoms with Gasteiger partial charge in [-0.15, -0.1) is 13.2 Å². The number of ether oxygens (including phenoxy) is 3. The zero-order valence-corrected chi connectivity index (χ0v) is 15.6. The van der Waals surface area contributed by atoms with Crippen LogP contribution in [0.3, 0.4) is 0 Å². The van der Waals surface area contributed by atoms with Crippen LogP contribution >= 0.6 is 0 Å². The second-order valence-electron chi connectivity index (χ2n) is 7.81. The van der Waals surface area contributed by atoms with Gasteiger partial charge in [0.2, 0.25) is 0 Å². The number of halogens is 3. The van der Waals surface area contributed by atoms with Crippen molar-refractivity contribution in [1.29, 1.82) is 0 Å². The molecule has 0 radical (unpaired) electrons. The molecule has 1 aliphatic heterocycles. The van der Waals surface area contributed by atoms with Crippen LogP contribution in [-0.2, 0) is 9.47 Å². The fourth-order valence-electron chi connectivity index (χ4n) is 4.14. The summed E-state index contributed by atoms with van der Waals surface area (Å²) in [4.78, 5) is 0. The SMILES string of the molecule is Cc1cc(C2OCC(C3CCC(C)CC3)CO2)cc(C)c1OC(F)(F)F. The third-order valence-corrected chi connectivity index (χ3v) is 5.62. The van der Waals surface area contributed by atoms with Crippen molar-refractivity contribution in [2.75, 3.05) is 13.2 Å². The first kappa shape index (κ1) is 19.5. The summed E-state index contributed by atoms with van der Waals surface area (Å²) in [5, 5.41) is 0. The molecule has 146 valence electrons. The Bertz CT molecular complexity index is 590. The summed E-state index contributed by atoms with van der Waals surface area (Å²) in [6, 6.07) is 3.31. The molecular weight excluding hydrogens is 345 g/mol. The Hall–Kier alpha value is -1.27. The third-order valence-electron chi connectivity index (χ3n) is 5.62. The maximum absolute atomic E-state index is 12.5. The molecule has 6 heteroatoms. The topological polar surface area (TPSA) is 27.7 Å². The van der Waals surface area contributed by atoms with Crippen LogP contribution in [-0.4, -0.2) is 19.6 Å². The van der Waals surface area contributed by atoms with E-state index in [0.29, 0.717) is 36.2 Å². The lowest BCUT2D eigenvalue weighted by atomic mass is 9.76. The Kier molecular flexibility index (Phi) is 5.82. The summed E-state index contributed by atoms with van der Waals surface area (Å²) in [7, 11) is 0. The lowest BCUT2D eigenvalue weighted by Crippen LogP contribution is -2.34. The number of hydrogen-bond donors (Lipinski definition) is 0. The van der Waals surface area contributed by atoms with Crippen molar-refractivity contribution in [1.82, 2.24) is 0 Å². The molecule has 2 fully saturated rings. The molecule has 3 nitrogen and oxygen atoms in total. The predicted octanol–water partition coefficient (Wildman–Crippen LogP) is 5.69. The van der Waals surface area contributed by atoms with Gasteiger partial charge >= 0.3 is 6.36 Å². The van der Waals surface area contributed by atoms with Gasteiger partial charge in [0, 0.05) is 11.5 Å². The summed E-state index contributed by atoms with van der Waals surface area (Å²) in [6.07, 6.45) is -0.228. The summed E-state index contributed by atoms with van der Waals surface area (Å²) in [5.74, 6) is 1.73. The molecule has 0 atom stereocenters. The summed E-state index contributed by atoms with van der Waals surface area (Å²) < 4.78 is 53.6. The Balaban J connectivity index is 1.62. The van der Waals surface area contributed by atoms with Gasteiger partial charge in [-0.2, -0.15) is 0 Å². The average molecular weight is 372 g/mol. The van der Waals surface area contributed by atoms with E-state index in [1.54, 1.807) is 26.0 Å². The highest BCUT2D eigenvalue weighted by Crippen LogP contribution is 2.38. The van der Waals surface area contributed by atoms with E-state index in [4.69, 9.17) is 9.47 Å². The van der Waals surface area contributed by atoms with Crippen LogP contribution in [0.15, 0.2) is 12.1 Å². The molecule has 1 aliphatic carbocycles. The van der Waals surface area contributed by atoms with Crippen molar-refractivity contribution in [3.63, 3.8) is 0 Å². The fourth-order valence-corrected chi connectivity index (χ4v) is 4.14. The van der Waals surface area contributed by atoms with Gasteiger partial charge in [0.25, 0.3) is 0 Å². The largest absolute Gasteiger partial charge is 0.573 e. The zero-order chi connectivity index (χ0) is 18.9. The van der Waals surface area contributed by atoms with Gasteiger partial charge in [-0.3, -0.25) is 0 Å². The van der Waals surface area contributed by atoms with Gasteiger partial charge in [0.15, 0.2) is 6.29 Å². The fraction of sp³-hybridized carbons (Fsp3) is 0.700. The van der Waals surface area contributed by atoms with Gasteiger partial charge in [-0.1, -0.05) is 19.8 Å². The van der Waals surface area contributed by atoms with E-state index in [1.807, 2.05) is 0 Å². The van der Waals surface area contributed by atoms with Crippen LogP contribution < -0.4 is 4.74 Å². The van der Waals surface area contributed by atoms with Gasteiger partial charge in [-0.05, 0) is 61.8 Å². The molecule has 1 saturated heterocycles. The van der Waals surface area contributed by atoms with E-state index < -0.39 is 12.7 Å². The van der Waals surface area contributed by atoms with Crippen LogP contribution in [0, 0.1) is 31.6 Å². The minimum Gasteiger partial charge on any atom is -0.405 e. The molecule has 0 spiro atoms. The van der Waals surface area contributed by atoms with E-state index in [-0.39, 0.29) is 5.75 Å². The van der Waals surface area contributed by atoms with Crippen molar-refractivity contribution in [3.8, 4) is 5.75 Å². The molecule has 0 amide bonds. The molecule has 0 aromatic heterocycles. The second kappa shape index (κ2) is 7.77. The predicted molar refractivity (Wildman–Crippen MR) is 91.9 cm³/mol. The van der Waals surface area contributed by atoms with Crippen molar-refractivity contribution >= 4 is 0 Å². The van der Waals surface area contributed by atoms with Crippen molar-refractivity contribution in [2.45, 2.75) is 59.1 Å². The molecule has 0 N–H and O–H groups in total. The van der Waals surface area contributed by atoms with E-state index in [0.717, 1.165) is 11.5 Å². The number of rotatable bonds is 3. The molecule has 0 bridgehead atoms. The molecule has 26 heavy (non-hydrogen) atoms.